The number of carbonyl (C=O) groups is 3. The second-order valence-corrected chi connectivity index (χ2v) is 9.39. The van der Waals surface area contributed by atoms with E-state index in [9.17, 15) is 4.79 Å². The highest BCUT2D eigenvalue weighted by Gasteiger charge is 2.46. The Bertz CT molecular complexity index is 742. The molecule has 1 spiro atoms. The molecule has 1 amide bonds. The van der Waals surface area contributed by atoms with Gasteiger partial charge in [0.15, 0.2) is 0 Å². The fourth-order valence-corrected chi connectivity index (χ4v) is 5.90. The van der Waals surface area contributed by atoms with Crippen molar-refractivity contribution in [3.63, 3.8) is 0 Å². The average molecular weight is 423 g/mol. The Morgan fingerprint density at radius 1 is 1.17 bits per heavy atom. The molecule has 2 aliphatic heterocycles. The van der Waals surface area contributed by atoms with Crippen LogP contribution in [-0.4, -0.2) is 71.1 Å². The Hall–Kier alpha value is -1.93. The van der Waals surface area contributed by atoms with Gasteiger partial charge < -0.3 is 20.0 Å². The number of aryl methyl sites for hydroxylation is 1. The zero-order valence-electron chi connectivity index (χ0n) is 16.9. The number of nitrogens with zero attached hydrogens (tertiary/aromatic N) is 2. The maximum atomic E-state index is 12.4. The van der Waals surface area contributed by atoms with Crippen molar-refractivity contribution in [3.8, 4) is 0 Å². The topological polar surface area (TPSA) is 98.2 Å². The highest BCUT2D eigenvalue weighted by atomic mass is 32.1. The van der Waals surface area contributed by atoms with Crippen molar-refractivity contribution in [1.82, 2.24) is 9.80 Å². The minimum atomic E-state index is -1.82. The summed E-state index contributed by atoms with van der Waals surface area (Å²) in [4.78, 5) is 36.8. The largest absolute Gasteiger partial charge is 0.473 e. The Morgan fingerprint density at radius 2 is 1.83 bits per heavy atom. The molecule has 0 aromatic carbocycles. The summed E-state index contributed by atoms with van der Waals surface area (Å²) in [6.45, 7) is 4.40. The van der Waals surface area contributed by atoms with Crippen LogP contribution in [0.1, 0.15) is 54.9 Å². The zero-order valence-corrected chi connectivity index (χ0v) is 17.7. The van der Waals surface area contributed by atoms with Crippen LogP contribution in [0.5, 0.6) is 0 Å². The molecule has 0 radical (unpaired) electrons. The summed E-state index contributed by atoms with van der Waals surface area (Å²) in [7, 11) is 1.96. The highest BCUT2D eigenvalue weighted by Crippen LogP contribution is 2.42. The second-order valence-electron chi connectivity index (χ2n) is 8.39. The van der Waals surface area contributed by atoms with E-state index in [0.29, 0.717) is 5.91 Å². The summed E-state index contributed by atoms with van der Waals surface area (Å²) in [6, 6.07) is 2.36. The van der Waals surface area contributed by atoms with Crippen LogP contribution in [0.25, 0.3) is 0 Å². The van der Waals surface area contributed by atoms with Crippen molar-refractivity contribution >= 4 is 29.2 Å². The summed E-state index contributed by atoms with van der Waals surface area (Å²) in [5, 5.41) is 17.1. The number of hydrogen-bond acceptors (Lipinski definition) is 5. The van der Waals surface area contributed by atoms with Crippen molar-refractivity contribution in [2.75, 3.05) is 33.2 Å². The monoisotopic (exact) mass is 422 g/mol. The summed E-state index contributed by atoms with van der Waals surface area (Å²) >= 11 is 1.95. The smallest absolute Gasteiger partial charge is 0.414 e. The molecule has 2 N–H and O–H groups in total. The number of amides is 1. The number of thiophene rings is 1. The van der Waals surface area contributed by atoms with Gasteiger partial charge in [0.2, 0.25) is 5.91 Å². The molecule has 1 aliphatic carbocycles. The summed E-state index contributed by atoms with van der Waals surface area (Å²) < 4.78 is 0. The highest BCUT2D eigenvalue weighted by molar-refractivity contribution is 7.10. The zero-order chi connectivity index (χ0) is 21.0. The van der Waals surface area contributed by atoms with Crippen LogP contribution in [-0.2, 0) is 20.8 Å². The lowest BCUT2D eigenvalue weighted by Gasteiger charge is -2.38. The number of carboxylic acid groups (broad SMARTS) is 2. The standard InChI is InChI=1S/C19H28N2OS.C2H2O4/c1-20-11-7-19(18(20)22)8-12-21(13-9-19)10-5-15-3-2-4-17-16(15)6-14-23-17;3-1(4)2(5)6/h6,14-15H,2-5,7-13H2,1H3;(H,3,4)(H,5,6). The first-order valence-corrected chi connectivity index (χ1v) is 11.2. The van der Waals surface area contributed by atoms with Gasteiger partial charge >= 0.3 is 11.9 Å². The summed E-state index contributed by atoms with van der Waals surface area (Å²) in [5.74, 6) is -2.46. The first-order chi connectivity index (χ1) is 13.8. The van der Waals surface area contributed by atoms with Gasteiger partial charge in [0, 0.05) is 18.5 Å². The van der Waals surface area contributed by atoms with E-state index < -0.39 is 11.9 Å². The van der Waals surface area contributed by atoms with Crippen molar-refractivity contribution in [2.24, 2.45) is 5.41 Å². The van der Waals surface area contributed by atoms with Crippen LogP contribution in [0.3, 0.4) is 0 Å². The molecule has 1 aromatic heterocycles. The van der Waals surface area contributed by atoms with Gasteiger partial charge in [-0.2, -0.15) is 0 Å². The number of rotatable bonds is 3. The van der Waals surface area contributed by atoms with Gasteiger partial charge in [0.1, 0.15) is 0 Å². The molecule has 7 nitrogen and oxygen atoms in total. The molecular formula is C21H30N2O5S. The molecule has 29 heavy (non-hydrogen) atoms. The van der Waals surface area contributed by atoms with E-state index >= 15 is 0 Å². The Balaban J connectivity index is 0.000000353. The lowest BCUT2D eigenvalue weighted by atomic mass is 9.77. The Morgan fingerprint density at radius 3 is 2.41 bits per heavy atom. The molecule has 1 atom stereocenters. The van der Waals surface area contributed by atoms with Crippen molar-refractivity contribution in [3.05, 3.63) is 21.9 Å². The molecule has 3 heterocycles. The maximum Gasteiger partial charge on any atom is 0.414 e. The Labute approximate surface area is 175 Å². The van der Waals surface area contributed by atoms with E-state index in [1.165, 1.54) is 32.2 Å². The SMILES string of the molecule is CN1CCC2(CCN(CCC3CCCc4sccc43)CC2)C1=O.O=C(O)C(=O)O. The molecule has 1 aromatic rings. The van der Waals surface area contributed by atoms with Crippen LogP contribution in [0.4, 0.5) is 0 Å². The fraction of sp³-hybridized carbons (Fsp3) is 0.667. The van der Waals surface area contributed by atoms with E-state index in [-0.39, 0.29) is 5.41 Å². The number of carbonyl (C=O) groups excluding carboxylic acids is 1. The first-order valence-electron chi connectivity index (χ1n) is 10.3. The van der Waals surface area contributed by atoms with Gasteiger partial charge in [-0.05, 0) is 87.5 Å². The quantitative estimate of drug-likeness (QED) is 0.727. The van der Waals surface area contributed by atoms with Crippen molar-refractivity contribution < 1.29 is 24.6 Å². The van der Waals surface area contributed by atoms with E-state index in [4.69, 9.17) is 19.8 Å². The first kappa shape index (κ1) is 21.8. The normalized spacial score (nSPS) is 23.4. The van der Waals surface area contributed by atoms with E-state index in [0.717, 1.165) is 44.8 Å². The predicted octanol–water partition coefficient (Wildman–Crippen LogP) is 2.66. The van der Waals surface area contributed by atoms with Gasteiger partial charge in [0.25, 0.3) is 0 Å². The molecule has 1 unspecified atom stereocenters. The fourth-order valence-electron chi connectivity index (χ4n) is 4.88. The molecule has 2 saturated heterocycles. The van der Waals surface area contributed by atoms with Crippen LogP contribution >= 0.6 is 11.3 Å². The van der Waals surface area contributed by atoms with E-state index in [1.54, 1.807) is 10.4 Å². The molecule has 2 fully saturated rings. The lowest BCUT2D eigenvalue weighted by molar-refractivity contribution is -0.159. The minimum Gasteiger partial charge on any atom is -0.473 e. The predicted molar refractivity (Wildman–Crippen MR) is 110 cm³/mol. The third kappa shape index (κ3) is 4.98. The molecule has 4 rings (SSSR count). The lowest BCUT2D eigenvalue weighted by Crippen LogP contribution is -2.44. The van der Waals surface area contributed by atoms with Gasteiger partial charge in [0.05, 0.1) is 5.41 Å². The second kappa shape index (κ2) is 9.26. The third-order valence-electron chi connectivity index (χ3n) is 6.69. The number of piperidine rings is 1. The van der Waals surface area contributed by atoms with Gasteiger partial charge in [-0.3, -0.25) is 4.79 Å². The van der Waals surface area contributed by atoms with Crippen molar-refractivity contribution in [1.29, 1.82) is 0 Å². The number of hydrogen-bond donors (Lipinski definition) is 2. The molecule has 3 aliphatic rings. The molecule has 0 bridgehead atoms. The van der Waals surface area contributed by atoms with Crippen LogP contribution < -0.4 is 0 Å². The van der Waals surface area contributed by atoms with E-state index in [1.807, 2.05) is 23.3 Å². The van der Waals surface area contributed by atoms with Crippen LogP contribution in [0.2, 0.25) is 0 Å². The number of aliphatic carboxylic acids is 2. The number of fused-ring (bicyclic) bond motifs is 1. The number of carboxylic acids is 2. The molecule has 160 valence electrons. The summed E-state index contributed by atoms with van der Waals surface area (Å²) in [6.07, 6.45) is 8.55. The summed E-state index contributed by atoms with van der Waals surface area (Å²) in [5.41, 5.74) is 1.64. The van der Waals surface area contributed by atoms with Crippen LogP contribution in [0, 0.1) is 5.41 Å². The van der Waals surface area contributed by atoms with Crippen LogP contribution in [0.15, 0.2) is 11.4 Å². The van der Waals surface area contributed by atoms with Crippen molar-refractivity contribution in [2.45, 2.75) is 50.9 Å². The van der Waals surface area contributed by atoms with Gasteiger partial charge in [-0.1, -0.05) is 0 Å². The van der Waals surface area contributed by atoms with E-state index in [2.05, 4.69) is 16.3 Å². The van der Waals surface area contributed by atoms with Gasteiger partial charge in [-0.25, -0.2) is 9.59 Å². The molecule has 0 saturated carbocycles. The maximum absolute atomic E-state index is 12.4. The average Bonchev–Trinajstić information content (AvgIpc) is 3.29. The van der Waals surface area contributed by atoms with Gasteiger partial charge in [-0.15, -0.1) is 11.3 Å². The molecular weight excluding hydrogens is 392 g/mol. The minimum absolute atomic E-state index is 0.00336. The Kier molecular flexibility index (Phi) is 6.95. The number of likely N-dealkylation sites (tertiary alicyclic amines) is 2. The molecule has 8 heteroatoms. The third-order valence-corrected chi connectivity index (χ3v) is 7.69.